The molecule has 2 nitrogen and oxygen atoms in total. The van der Waals surface area contributed by atoms with E-state index in [0.717, 1.165) is 11.3 Å². The lowest BCUT2D eigenvalue weighted by Crippen LogP contribution is -2.26. The van der Waals surface area contributed by atoms with Crippen molar-refractivity contribution in [3.05, 3.63) is 58.6 Å². The normalized spacial score (nSPS) is 11.7. The molecule has 0 aromatic heterocycles. The van der Waals surface area contributed by atoms with E-state index in [9.17, 15) is 5.11 Å². The molecule has 0 radical (unpaired) electrons. The first-order valence-electron chi connectivity index (χ1n) is 7.51. The highest BCUT2D eigenvalue weighted by atomic mass is 35.5. The summed E-state index contributed by atoms with van der Waals surface area (Å²) in [7, 11) is 0. The second-order valence-electron chi connectivity index (χ2n) is 6.56. The van der Waals surface area contributed by atoms with Crippen LogP contribution < -0.4 is 4.74 Å². The Bertz CT molecular complexity index is 630. The van der Waals surface area contributed by atoms with Crippen LogP contribution in [0.1, 0.15) is 44.7 Å². The Kier molecular flexibility index (Phi) is 5.02. The molecule has 0 aliphatic rings. The van der Waals surface area contributed by atoms with Crippen LogP contribution in [0.15, 0.2) is 42.5 Å². The van der Waals surface area contributed by atoms with E-state index >= 15 is 0 Å². The van der Waals surface area contributed by atoms with Gasteiger partial charge in [-0.1, -0.05) is 57.5 Å². The zero-order valence-corrected chi connectivity index (χ0v) is 14.3. The summed E-state index contributed by atoms with van der Waals surface area (Å²) >= 11 is 5.99. The van der Waals surface area contributed by atoms with Crippen molar-refractivity contribution in [2.45, 2.75) is 39.0 Å². The van der Waals surface area contributed by atoms with Crippen LogP contribution in [0, 0.1) is 0 Å². The van der Waals surface area contributed by atoms with Gasteiger partial charge in [-0.25, -0.2) is 0 Å². The smallest absolute Gasteiger partial charge is 0.134 e. The molecule has 0 aliphatic heterocycles. The van der Waals surface area contributed by atoms with Crippen LogP contribution in [0.2, 0.25) is 5.02 Å². The van der Waals surface area contributed by atoms with Gasteiger partial charge in [0, 0.05) is 5.41 Å². The summed E-state index contributed by atoms with van der Waals surface area (Å²) in [5.41, 5.74) is 2.14. The molecule has 2 aromatic carbocycles. The molecule has 1 N–H and O–H groups in total. The highest BCUT2D eigenvalue weighted by molar-refractivity contribution is 6.32. The van der Waals surface area contributed by atoms with Gasteiger partial charge in [-0.15, -0.1) is 0 Å². The summed E-state index contributed by atoms with van der Waals surface area (Å²) in [5.74, 6) is 1.48. The molecule has 3 heteroatoms. The summed E-state index contributed by atoms with van der Waals surface area (Å²) in [6.45, 7) is 9.08. The topological polar surface area (TPSA) is 29.5 Å². The fraction of sp³-hybridized carbons (Fsp3) is 0.368. The molecular weight excluding hydrogens is 296 g/mol. The molecule has 0 saturated heterocycles. The Labute approximate surface area is 137 Å². The predicted molar refractivity (Wildman–Crippen MR) is 92.2 cm³/mol. The maximum Gasteiger partial charge on any atom is 0.134 e. The summed E-state index contributed by atoms with van der Waals surface area (Å²) < 4.78 is 5.92. The highest BCUT2D eigenvalue weighted by Crippen LogP contribution is 2.31. The molecule has 0 heterocycles. The minimum Gasteiger partial charge on any atom is -0.506 e. The number of ether oxygens (including phenoxy) is 1. The van der Waals surface area contributed by atoms with E-state index in [1.54, 1.807) is 12.1 Å². The van der Waals surface area contributed by atoms with Gasteiger partial charge < -0.3 is 9.84 Å². The fourth-order valence-corrected chi connectivity index (χ4v) is 2.40. The van der Waals surface area contributed by atoms with Gasteiger partial charge in [0.05, 0.1) is 11.6 Å². The van der Waals surface area contributed by atoms with Crippen LogP contribution in [0.4, 0.5) is 0 Å². The van der Waals surface area contributed by atoms with Crippen LogP contribution >= 0.6 is 11.6 Å². The second kappa shape index (κ2) is 6.62. The molecule has 0 atom stereocenters. The Morgan fingerprint density at radius 1 is 1.09 bits per heavy atom. The number of aromatic hydroxyl groups is 1. The Morgan fingerprint density at radius 3 is 2.27 bits per heavy atom. The van der Waals surface area contributed by atoms with E-state index in [0.29, 0.717) is 17.5 Å². The molecule has 118 valence electrons. The molecule has 0 unspecified atom stereocenters. The molecule has 0 fully saturated rings. The Hall–Kier alpha value is -1.67. The Morgan fingerprint density at radius 2 is 1.73 bits per heavy atom. The third-order valence-electron chi connectivity index (χ3n) is 3.88. The van der Waals surface area contributed by atoms with Crippen molar-refractivity contribution in [1.29, 1.82) is 0 Å². The van der Waals surface area contributed by atoms with Crippen molar-refractivity contribution in [2.24, 2.45) is 0 Å². The lowest BCUT2D eigenvalue weighted by molar-refractivity contribution is 0.240. The first-order chi connectivity index (χ1) is 10.3. The van der Waals surface area contributed by atoms with Gasteiger partial charge >= 0.3 is 0 Å². The number of phenolic OH excluding ortho intramolecular Hbond substituents is 1. The molecule has 22 heavy (non-hydrogen) atoms. The van der Waals surface area contributed by atoms with Crippen LogP contribution in [-0.4, -0.2) is 11.7 Å². The number of hydrogen-bond donors (Lipinski definition) is 1. The Balaban J connectivity index is 2.06. The van der Waals surface area contributed by atoms with E-state index in [2.05, 4.69) is 39.8 Å². The van der Waals surface area contributed by atoms with Gasteiger partial charge in [0.1, 0.15) is 11.5 Å². The largest absolute Gasteiger partial charge is 0.506 e. The van der Waals surface area contributed by atoms with Crippen LogP contribution in [-0.2, 0) is 5.41 Å². The minimum atomic E-state index is -0.200. The molecule has 0 amide bonds. The van der Waals surface area contributed by atoms with E-state index < -0.39 is 0 Å². The lowest BCUT2D eigenvalue weighted by Gasteiger charge is -2.26. The standard InChI is InChI=1S/C19H23ClO2/c1-13(2)14-5-8-16(9-6-14)22-12-19(3,4)15-7-10-18(21)17(20)11-15/h5-11,13,21H,12H2,1-4H3. The number of benzene rings is 2. The van der Waals surface area contributed by atoms with Crippen LogP contribution in [0.5, 0.6) is 11.5 Å². The third-order valence-corrected chi connectivity index (χ3v) is 4.18. The third kappa shape index (κ3) is 3.95. The van der Waals surface area contributed by atoms with E-state index in [1.807, 2.05) is 18.2 Å². The summed E-state index contributed by atoms with van der Waals surface area (Å²) in [4.78, 5) is 0. The van der Waals surface area contributed by atoms with Gasteiger partial charge in [0.2, 0.25) is 0 Å². The van der Waals surface area contributed by atoms with Crippen molar-refractivity contribution < 1.29 is 9.84 Å². The minimum absolute atomic E-state index is 0.103. The molecule has 0 spiro atoms. The molecule has 0 saturated carbocycles. The highest BCUT2D eigenvalue weighted by Gasteiger charge is 2.22. The summed E-state index contributed by atoms with van der Waals surface area (Å²) in [5, 5.41) is 9.89. The molecule has 0 aliphatic carbocycles. The molecule has 2 aromatic rings. The van der Waals surface area contributed by atoms with Crippen molar-refractivity contribution in [3.8, 4) is 11.5 Å². The van der Waals surface area contributed by atoms with E-state index in [-0.39, 0.29) is 11.2 Å². The SMILES string of the molecule is CC(C)c1ccc(OCC(C)(C)c2ccc(O)c(Cl)c2)cc1. The predicted octanol–water partition coefficient (Wildman–Crippen LogP) is 5.53. The first-order valence-corrected chi connectivity index (χ1v) is 7.89. The van der Waals surface area contributed by atoms with Crippen LogP contribution in [0.25, 0.3) is 0 Å². The average Bonchev–Trinajstić information content (AvgIpc) is 2.48. The molecule has 2 rings (SSSR count). The number of hydrogen-bond acceptors (Lipinski definition) is 2. The van der Waals surface area contributed by atoms with Gasteiger partial charge in [-0.05, 0) is 41.3 Å². The maximum atomic E-state index is 9.52. The summed E-state index contributed by atoms with van der Waals surface area (Å²) in [6.07, 6.45) is 0. The van der Waals surface area contributed by atoms with Crippen LogP contribution in [0.3, 0.4) is 0 Å². The number of halogens is 1. The fourth-order valence-electron chi connectivity index (χ4n) is 2.22. The zero-order chi connectivity index (χ0) is 16.3. The van der Waals surface area contributed by atoms with Gasteiger partial charge in [0.15, 0.2) is 0 Å². The monoisotopic (exact) mass is 318 g/mol. The molecule has 0 bridgehead atoms. The van der Waals surface area contributed by atoms with Crippen molar-refractivity contribution in [3.63, 3.8) is 0 Å². The second-order valence-corrected chi connectivity index (χ2v) is 6.97. The maximum absolute atomic E-state index is 9.52. The summed E-state index contributed by atoms with van der Waals surface area (Å²) in [6, 6.07) is 13.5. The van der Waals surface area contributed by atoms with Crippen molar-refractivity contribution in [2.75, 3.05) is 6.61 Å². The quantitative estimate of drug-likeness (QED) is 0.786. The number of rotatable bonds is 5. The van der Waals surface area contributed by atoms with Crippen molar-refractivity contribution in [1.82, 2.24) is 0 Å². The molecular formula is C19H23ClO2. The van der Waals surface area contributed by atoms with Gasteiger partial charge in [-0.3, -0.25) is 0 Å². The zero-order valence-electron chi connectivity index (χ0n) is 13.6. The lowest BCUT2D eigenvalue weighted by atomic mass is 9.85. The van der Waals surface area contributed by atoms with Crippen molar-refractivity contribution >= 4 is 11.6 Å². The van der Waals surface area contributed by atoms with Gasteiger partial charge in [-0.2, -0.15) is 0 Å². The van der Waals surface area contributed by atoms with E-state index in [1.165, 1.54) is 5.56 Å². The van der Waals surface area contributed by atoms with E-state index in [4.69, 9.17) is 16.3 Å². The number of phenols is 1. The van der Waals surface area contributed by atoms with Gasteiger partial charge in [0.25, 0.3) is 0 Å². The first kappa shape index (κ1) is 16.7. The average molecular weight is 319 g/mol.